The van der Waals surface area contributed by atoms with Gasteiger partial charge in [-0.25, -0.2) is 14.4 Å². The number of carbonyl (C=O) groups is 1. The molecule has 0 atom stereocenters. The van der Waals surface area contributed by atoms with Crippen molar-refractivity contribution in [1.29, 1.82) is 5.41 Å². The number of hydrogen-bond acceptors (Lipinski definition) is 8. The van der Waals surface area contributed by atoms with Crippen LogP contribution in [0.5, 0.6) is 0 Å². The number of thiazole rings is 1. The van der Waals surface area contributed by atoms with E-state index in [1.165, 1.54) is 11.3 Å². The summed E-state index contributed by atoms with van der Waals surface area (Å²) in [6.45, 7) is 1.87. The zero-order chi connectivity index (χ0) is 21.1. The van der Waals surface area contributed by atoms with Crippen molar-refractivity contribution in [3.63, 3.8) is 0 Å². The summed E-state index contributed by atoms with van der Waals surface area (Å²) in [6.07, 6.45) is 4.41. The molecule has 0 aromatic carbocycles. The molecule has 0 aliphatic heterocycles. The van der Waals surface area contributed by atoms with E-state index in [0.717, 1.165) is 44.0 Å². The molecule has 29 heavy (non-hydrogen) atoms. The molecule has 0 aliphatic rings. The highest BCUT2D eigenvalue weighted by atomic mass is 32.1. The maximum atomic E-state index is 13.7. The second kappa shape index (κ2) is 8.22. The van der Waals surface area contributed by atoms with Crippen molar-refractivity contribution in [1.82, 2.24) is 24.8 Å². The SMILES string of the molecule is Cc1c(/C=N\N(C=O)CC(N)=C(N)C=N)c2sc(Cc3[nH]ncc3F)nc2n1C. The van der Waals surface area contributed by atoms with E-state index in [1.54, 1.807) is 6.21 Å². The summed E-state index contributed by atoms with van der Waals surface area (Å²) >= 11 is 1.42. The second-order valence-corrected chi connectivity index (χ2v) is 7.35. The number of allylic oxidation sites excluding steroid dienone is 1. The fourth-order valence-electron chi connectivity index (χ4n) is 2.66. The van der Waals surface area contributed by atoms with Crippen LogP contribution < -0.4 is 11.5 Å². The average molecular weight is 417 g/mol. The van der Waals surface area contributed by atoms with Crippen molar-refractivity contribution in [3.05, 3.63) is 45.4 Å². The Bertz CT molecular complexity index is 1120. The summed E-state index contributed by atoms with van der Waals surface area (Å²) in [5, 5.41) is 19.4. The highest BCUT2D eigenvalue weighted by Crippen LogP contribution is 2.30. The van der Waals surface area contributed by atoms with E-state index < -0.39 is 5.82 Å². The molecule has 1 amide bonds. The third-order valence-corrected chi connectivity index (χ3v) is 5.50. The van der Waals surface area contributed by atoms with Crippen molar-refractivity contribution in [2.75, 3.05) is 6.54 Å². The number of aromatic amines is 1. The van der Waals surface area contributed by atoms with Crippen molar-refractivity contribution >= 4 is 40.5 Å². The number of aromatic nitrogens is 4. The van der Waals surface area contributed by atoms with Crippen LogP contribution in [0.25, 0.3) is 10.3 Å². The molecular weight excluding hydrogens is 397 g/mol. The van der Waals surface area contributed by atoms with Crippen LogP contribution in [0.3, 0.4) is 0 Å². The molecule has 3 heterocycles. The number of nitrogens with one attached hydrogen (secondary N) is 2. The number of halogens is 1. The fraction of sp³-hybridized carbons (Fsp3) is 0.235. The molecule has 12 heteroatoms. The molecule has 0 saturated carbocycles. The van der Waals surface area contributed by atoms with E-state index in [1.807, 2.05) is 18.5 Å². The molecule has 3 rings (SSSR count). The maximum absolute atomic E-state index is 13.7. The summed E-state index contributed by atoms with van der Waals surface area (Å²) in [6, 6.07) is 0. The van der Waals surface area contributed by atoms with E-state index in [2.05, 4.69) is 20.3 Å². The Morgan fingerprint density at radius 1 is 1.52 bits per heavy atom. The third kappa shape index (κ3) is 4.01. The summed E-state index contributed by atoms with van der Waals surface area (Å²) in [5.74, 6) is -0.404. The molecule has 0 unspecified atom stereocenters. The lowest BCUT2D eigenvalue weighted by atomic mass is 10.3. The molecule has 0 spiro atoms. The minimum atomic E-state index is -0.404. The normalized spacial score (nSPS) is 12.5. The topological polar surface area (TPSA) is 155 Å². The monoisotopic (exact) mass is 417 g/mol. The highest BCUT2D eigenvalue weighted by Gasteiger charge is 2.18. The lowest BCUT2D eigenvalue weighted by Crippen LogP contribution is -2.25. The number of nitrogens with zero attached hydrogens (tertiary/aromatic N) is 5. The Morgan fingerprint density at radius 2 is 2.28 bits per heavy atom. The standard InChI is InChI=1S/C17H20FN9OS/c1-9-10(5-23-27(8-28)7-13(21)12(20)4-19)16-17(26(9)2)24-15(29-16)3-14-11(18)6-22-25-14/h4-6,8,19H,3,7,20-21H2,1-2H3,(H,22,25)/b13-12?,19-4?,23-5-. The van der Waals surface area contributed by atoms with Gasteiger partial charge >= 0.3 is 0 Å². The molecule has 0 aliphatic carbocycles. The van der Waals surface area contributed by atoms with E-state index >= 15 is 0 Å². The van der Waals surface area contributed by atoms with Gasteiger partial charge in [-0.05, 0) is 6.92 Å². The van der Waals surface area contributed by atoms with Crippen molar-refractivity contribution in [3.8, 4) is 0 Å². The van der Waals surface area contributed by atoms with E-state index in [0.29, 0.717) is 18.5 Å². The number of H-pyrrole nitrogens is 1. The van der Waals surface area contributed by atoms with Gasteiger partial charge in [0.2, 0.25) is 6.41 Å². The Balaban J connectivity index is 1.91. The van der Waals surface area contributed by atoms with Crippen LogP contribution in [0, 0.1) is 18.2 Å². The summed E-state index contributed by atoms with van der Waals surface area (Å²) in [5.41, 5.74) is 14.4. The Hall–Kier alpha value is -3.54. The Kier molecular flexibility index (Phi) is 5.73. The third-order valence-electron chi connectivity index (χ3n) is 4.42. The van der Waals surface area contributed by atoms with Gasteiger partial charge in [-0.15, -0.1) is 11.3 Å². The highest BCUT2D eigenvalue weighted by molar-refractivity contribution is 7.19. The van der Waals surface area contributed by atoms with Gasteiger partial charge in [0.25, 0.3) is 0 Å². The van der Waals surface area contributed by atoms with Gasteiger partial charge in [-0.1, -0.05) is 0 Å². The van der Waals surface area contributed by atoms with Gasteiger partial charge < -0.3 is 21.4 Å². The second-order valence-electron chi connectivity index (χ2n) is 6.26. The average Bonchev–Trinajstić information content (AvgIpc) is 3.36. The summed E-state index contributed by atoms with van der Waals surface area (Å²) < 4.78 is 16.4. The molecule has 10 nitrogen and oxygen atoms in total. The van der Waals surface area contributed by atoms with Gasteiger partial charge in [0.1, 0.15) is 5.01 Å². The van der Waals surface area contributed by atoms with E-state index in [9.17, 15) is 9.18 Å². The molecule has 0 radical (unpaired) electrons. The molecule has 3 aromatic rings. The fourth-order valence-corrected chi connectivity index (χ4v) is 3.83. The minimum Gasteiger partial charge on any atom is -0.399 e. The van der Waals surface area contributed by atoms with Crippen molar-refractivity contribution < 1.29 is 9.18 Å². The zero-order valence-corrected chi connectivity index (χ0v) is 16.6. The van der Waals surface area contributed by atoms with Crippen LogP contribution in [0.1, 0.15) is 22.0 Å². The first-order chi connectivity index (χ1) is 13.8. The number of nitrogens with two attached hydrogens (primary N) is 2. The first-order valence-corrected chi connectivity index (χ1v) is 9.30. The van der Waals surface area contributed by atoms with Crippen LogP contribution in [0.2, 0.25) is 0 Å². The van der Waals surface area contributed by atoms with Crippen molar-refractivity contribution in [2.24, 2.45) is 23.6 Å². The molecular formula is C17H20FN9OS. The van der Waals surface area contributed by atoms with Crippen LogP contribution >= 0.6 is 11.3 Å². The molecule has 0 fully saturated rings. The van der Waals surface area contributed by atoms with Crippen molar-refractivity contribution in [2.45, 2.75) is 13.3 Å². The number of aryl methyl sites for hydroxylation is 1. The first-order valence-electron chi connectivity index (χ1n) is 8.48. The number of carbonyl (C=O) groups excluding carboxylic acids is 1. The molecule has 6 N–H and O–H groups in total. The maximum Gasteiger partial charge on any atom is 0.230 e. The Morgan fingerprint density at radius 3 is 2.90 bits per heavy atom. The molecule has 152 valence electrons. The van der Waals surface area contributed by atoms with Gasteiger partial charge in [0.05, 0.1) is 40.7 Å². The number of amides is 1. The predicted octanol–water partition coefficient (Wildman–Crippen LogP) is 0.967. The van der Waals surface area contributed by atoms with Gasteiger partial charge in [-0.3, -0.25) is 9.89 Å². The molecule has 3 aromatic heterocycles. The summed E-state index contributed by atoms with van der Waals surface area (Å²) in [4.78, 5) is 15.9. The number of rotatable bonds is 8. The predicted molar refractivity (Wildman–Crippen MR) is 109 cm³/mol. The first kappa shape index (κ1) is 20.2. The van der Waals surface area contributed by atoms with E-state index in [-0.39, 0.29) is 17.9 Å². The van der Waals surface area contributed by atoms with Crippen LogP contribution in [-0.4, -0.2) is 50.1 Å². The van der Waals surface area contributed by atoms with Gasteiger partial charge in [0, 0.05) is 30.9 Å². The number of hydrogen-bond donors (Lipinski definition) is 4. The van der Waals surface area contributed by atoms with Crippen LogP contribution in [-0.2, 0) is 18.3 Å². The van der Waals surface area contributed by atoms with E-state index in [4.69, 9.17) is 16.9 Å². The largest absolute Gasteiger partial charge is 0.399 e. The Labute approximate surface area is 169 Å². The quantitative estimate of drug-likeness (QED) is 0.244. The smallest absolute Gasteiger partial charge is 0.230 e. The minimum absolute atomic E-state index is 0.0384. The lowest BCUT2D eigenvalue weighted by molar-refractivity contribution is -0.117. The number of fused-ring (bicyclic) bond motifs is 1. The van der Waals surface area contributed by atoms with Crippen LogP contribution in [0.4, 0.5) is 4.39 Å². The van der Waals surface area contributed by atoms with Crippen LogP contribution in [0.15, 0.2) is 22.7 Å². The van der Waals surface area contributed by atoms with Gasteiger partial charge in [-0.2, -0.15) is 10.2 Å². The summed E-state index contributed by atoms with van der Waals surface area (Å²) in [7, 11) is 1.87. The number of hydrazone groups is 1. The zero-order valence-electron chi connectivity index (χ0n) is 15.8. The van der Waals surface area contributed by atoms with Gasteiger partial charge in [0.15, 0.2) is 11.5 Å². The lowest BCUT2D eigenvalue weighted by Gasteiger charge is -2.11. The molecule has 0 bridgehead atoms. The molecule has 0 saturated heterocycles.